The number of hydrogen-bond donors (Lipinski definition) is 1. The molecule has 7 heteroatoms. The topological polar surface area (TPSA) is 49.4 Å². The molecule has 1 aliphatic carbocycles. The fraction of sp³-hybridized carbons (Fsp3) is 0.481. The number of amides is 2. The van der Waals surface area contributed by atoms with Crippen LogP contribution in [0.4, 0.5) is 13.2 Å². The van der Waals surface area contributed by atoms with Gasteiger partial charge in [0.1, 0.15) is 0 Å². The number of carbonyl (C=O) groups excluding carboxylic acids is 2. The third-order valence-corrected chi connectivity index (χ3v) is 7.06. The van der Waals surface area contributed by atoms with E-state index < -0.39 is 11.7 Å². The summed E-state index contributed by atoms with van der Waals surface area (Å²) in [5.74, 6) is 0.0746. The molecule has 0 saturated heterocycles. The first-order valence-corrected chi connectivity index (χ1v) is 12.1. The highest BCUT2D eigenvalue weighted by Crippen LogP contribution is 2.42. The van der Waals surface area contributed by atoms with E-state index in [0.717, 1.165) is 31.4 Å². The fourth-order valence-electron chi connectivity index (χ4n) is 5.35. The van der Waals surface area contributed by atoms with Crippen LogP contribution in [0.15, 0.2) is 48.5 Å². The van der Waals surface area contributed by atoms with E-state index in [1.165, 1.54) is 36.5 Å². The molecule has 34 heavy (non-hydrogen) atoms. The largest absolute Gasteiger partial charge is 0.416 e. The van der Waals surface area contributed by atoms with Crippen molar-refractivity contribution in [3.05, 3.63) is 70.8 Å². The number of benzene rings is 2. The Morgan fingerprint density at radius 2 is 1.74 bits per heavy atom. The van der Waals surface area contributed by atoms with Crippen molar-refractivity contribution in [1.29, 1.82) is 0 Å². The minimum absolute atomic E-state index is 0.00126. The second kappa shape index (κ2) is 10.6. The number of rotatable bonds is 6. The van der Waals surface area contributed by atoms with Crippen LogP contribution in [0, 0.1) is 5.92 Å². The van der Waals surface area contributed by atoms with Crippen molar-refractivity contribution in [1.82, 2.24) is 10.2 Å². The van der Waals surface area contributed by atoms with Crippen LogP contribution >= 0.6 is 0 Å². The quantitative estimate of drug-likeness (QED) is 0.577. The van der Waals surface area contributed by atoms with Crippen molar-refractivity contribution in [3.8, 4) is 0 Å². The predicted molar refractivity (Wildman–Crippen MR) is 124 cm³/mol. The van der Waals surface area contributed by atoms with Gasteiger partial charge in [-0.25, -0.2) is 0 Å². The zero-order chi connectivity index (χ0) is 24.1. The van der Waals surface area contributed by atoms with Gasteiger partial charge in [0.05, 0.1) is 11.6 Å². The van der Waals surface area contributed by atoms with E-state index in [0.29, 0.717) is 18.0 Å². The zero-order valence-electron chi connectivity index (χ0n) is 19.2. The molecule has 1 fully saturated rings. The molecule has 0 spiro atoms. The molecule has 4 rings (SSSR count). The Bertz CT molecular complexity index is 1010. The van der Waals surface area contributed by atoms with Crippen molar-refractivity contribution >= 4 is 11.8 Å². The lowest BCUT2D eigenvalue weighted by Crippen LogP contribution is -2.44. The molecule has 2 aromatic rings. The molecular weight excluding hydrogens is 441 g/mol. The first-order valence-electron chi connectivity index (χ1n) is 12.1. The van der Waals surface area contributed by atoms with Crippen LogP contribution < -0.4 is 5.32 Å². The van der Waals surface area contributed by atoms with Crippen LogP contribution in [0.3, 0.4) is 0 Å². The first kappa shape index (κ1) is 24.3. The molecule has 0 radical (unpaired) electrons. The molecule has 182 valence electrons. The smallest absolute Gasteiger partial charge is 0.352 e. The van der Waals surface area contributed by atoms with Gasteiger partial charge < -0.3 is 10.2 Å². The van der Waals surface area contributed by atoms with Gasteiger partial charge in [-0.05, 0) is 54.0 Å². The summed E-state index contributed by atoms with van der Waals surface area (Å²) in [5.41, 5.74) is 2.18. The molecule has 0 bridgehead atoms. The second-order valence-corrected chi connectivity index (χ2v) is 9.35. The Labute approximate surface area is 198 Å². The van der Waals surface area contributed by atoms with E-state index in [1.54, 1.807) is 6.07 Å². The molecule has 1 unspecified atom stereocenters. The van der Waals surface area contributed by atoms with E-state index in [9.17, 15) is 22.8 Å². The summed E-state index contributed by atoms with van der Waals surface area (Å²) in [6.45, 7) is 0.654. The van der Waals surface area contributed by atoms with E-state index in [-0.39, 0.29) is 37.2 Å². The van der Waals surface area contributed by atoms with Crippen LogP contribution in [0.25, 0.3) is 0 Å². The summed E-state index contributed by atoms with van der Waals surface area (Å²) < 4.78 is 38.6. The number of nitrogens with one attached hydrogen (secondary N) is 1. The Kier molecular flexibility index (Phi) is 7.59. The summed E-state index contributed by atoms with van der Waals surface area (Å²) >= 11 is 0. The Morgan fingerprint density at radius 3 is 2.50 bits per heavy atom. The van der Waals surface area contributed by atoms with Gasteiger partial charge in [0, 0.05) is 25.9 Å². The average Bonchev–Trinajstić information content (AvgIpc) is 2.85. The molecular formula is C27H31F3N2O2. The standard InChI is InChI=1S/C27H31F3N2O2/c28-27(29,30)22-11-6-7-19(17-22)18-31-24(33)13-14-25(34)32-16-15-20-8-4-5-12-23(20)26(32)21-9-2-1-3-10-21/h4-8,11-12,17,21,26H,1-3,9-10,13-16,18H2,(H,31,33). The van der Waals surface area contributed by atoms with Gasteiger partial charge in [-0.15, -0.1) is 0 Å². The SMILES string of the molecule is O=C(CCC(=O)N1CCc2ccccc2C1C1CCCCC1)NCc1cccc(C(F)(F)F)c1. The fourth-order valence-corrected chi connectivity index (χ4v) is 5.35. The lowest BCUT2D eigenvalue weighted by Gasteiger charge is -2.43. The molecule has 2 aromatic carbocycles. The first-order chi connectivity index (χ1) is 16.3. The van der Waals surface area contributed by atoms with Gasteiger partial charge >= 0.3 is 6.18 Å². The van der Waals surface area contributed by atoms with Gasteiger partial charge in [0.2, 0.25) is 11.8 Å². The average molecular weight is 473 g/mol. The van der Waals surface area contributed by atoms with Crippen LogP contribution in [0.5, 0.6) is 0 Å². The lowest BCUT2D eigenvalue weighted by molar-refractivity contribution is -0.138. The Morgan fingerprint density at radius 1 is 0.971 bits per heavy atom. The number of halogens is 3. The molecule has 1 heterocycles. The highest BCUT2D eigenvalue weighted by molar-refractivity contribution is 5.84. The molecule has 1 aliphatic heterocycles. The van der Waals surface area contributed by atoms with Crippen LogP contribution in [-0.2, 0) is 28.7 Å². The van der Waals surface area contributed by atoms with E-state index in [2.05, 4.69) is 17.4 Å². The summed E-state index contributed by atoms with van der Waals surface area (Å²) in [6.07, 6.45) is 2.34. The summed E-state index contributed by atoms with van der Waals surface area (Å²) in [6, 6.07) is 13.3. The van der Waals surface area contributed by atoms with Gasteiger partial charge in [-0.1, -0.05) is 55.7 Å². The maximum absolute atomic E-state index is 13.2. The number of carbonyl (C=O) groups is 2. The number of alkyl halides is 3. The predicted octanol–water partition coefficient (Wildman–Crippen LogP) is 5.81. The second-order valence-electron chi connectivity index (χ2n) is 9.35. The van der Waals surface area contributed by atoms with Crippen LogP contribution in [0.2, 0.25) is 0 Å². The van der Waals surface area contributed by atoms with Gasteiger partial charge in [-0.3, -0.25) is 9.59 Å². The minimum Gasteiger partial charge on any atom is -0.352 e. The maximum atomic E-state index is 13.2. The molecule has 0 aromatic heterocycles. The third kappa shape index (κ3) is 5.80. The van der Waals surface area contributed by atoms with Crippen molar-refractivity contribution < 1.29 is 22.8 Å². The monoisotopic (exact) mass is 472 g/mol. The molecule has 2 aliphatic rings. The Hall–Kier alpha value is -2.83. The van der Waals surface area contributed by atoms with E-state index in [4.69, 9.17) is 0 Å². The zero-order valence-corrected chi connectivity index (χ0v) is 19.2. The van der Waals surface area contributed by atoms with Crippen molar-refractivity contribution in [2.75, 3.05) is 6.54 Å². The summed E-state index contributed by atoms with van der Waals surface area (Å²) in [4.78, 5) is 27.5. The van der Waals surface area contributed by atoms with Gasteiger partial charge in [0.15, 0.2) is 0 Å². The van der Waals surface area contributed by atoms with Crippen LogP contribution in [0.1, 0.15) is 73.2 Å². The highest BCUT2D eigenvalue weighted by Gasteiger charge is 2.36. The summed E-state index contributed by atoms with van der Waals surface area (Å²) in [5, 5.41) is 2.65. The van der Waals surface area contributed by atoms with Gasteiger partial charge in [-0.2, -0.15) is 13.2 Å². The van der Waals surface area contributed by atoms with Crippen molar-refractivity contribution in [3.63, 3.8) is 0 Å². The lowest BCUT2D eigenvalue weighted by atomic mass is 9.77. The van der Waals surface area contributed by atoms with Crippen molar-refractivity contribution in [2.24, 2.45) is 5.92 Å². The maximum Gasteiger partial charge on any atom is 0.416 e. The normalized spacial score (nSPS) is 18.9. The third-order valence-electron chi connectivity index (χ3n) is 7.06. The number of nitrogens with zero attached hydrogens (tertiary/aromatic N) is 1. The van der Waals surface area contributed by atoms with E-state index >= 15 is 0 Å². The molecule has 1 atom stereocenters. The molecule has 1 N–H and O–H groups in total. The minimum atomic E-state index is -4.42. The number of hydrogen-bond acceptors (Lipinski definition) is 2. The molecule has 4 nitrogen and oxygen atoms in total. The Balaban J connectivity index is 1.36. The molecule has 1 saturated carbocycles. The van der Waals surface area contributed by atoms with Crippen LogP contribution in [-0.4, -0.2) is 23.3 Å². The summed E-state index contributed by atoms with van der Waals surface area (Å²) in [7, 11) is 0. The van der Waals surface area contributed by atoms with E-state index in [1.807, 2.05) is 17.0 Å². The highest BCUT2D eigenvalue weighted by atomic mass is 19.4. The molecule has 2 amide bonds. The number of fused-ring (bicyclic) bond motifs is 1. The van der Waals surface area contributed by atoms with Gasteiger partial charge in [0.25, 0.3) is 0 Å². The van der Waals surface area contributed by atoms with Crippen molar-refractivity contribution in [2.45, 2.75) is 70.1 Å².